The number of pyridine rings is 2. The second-order valence-corrected chi connectivity index (χ2v) is 6.58. The van der Waals surface area contributed by atoms with Gasteiger partial charge in [0.2, 0.25) is 5.82 Å². The Morgan fingerprint density at radius 2 is 1.69 bits per heavy atom. The molecule has 0 aliphatic carbocycles. The first-order valence-electron chi connectivity index (χ1n) is 8.84. The number of nitrogens with zero attached hydrogens (tertiary/aromatic N) is 4. The van der Waals surface area contributed by atoms with Crippen LogP contribution in [0.15, 0.2) is 61.2 Å². The number of alkyl halides is 3. The molecule has 29 heavy (non-hydrogen) atoms. The van der Waals surface area contributed by atoms with E-state index in [-0.39, 0.29) is 6.54 Å². The van der Waals surface area contributed by atoms with Crippen molar-refractivity contribution in [2.45, 2.75) is 19.6 Å². The topological polar surface area (TPSA) is 63.6 Å². The Labute approximate surface area is 164 Å². The minimum atomic E-state index is -4.55. The number of rotatable bonds is 4. The Kier molecular flexibility index (Phi) is 4.84. The molecule has 1 N–H and O–H groups in total. The fourth-order valence-corrected chi connectivity index (χ4v) is 2.89. The smallest absolute Gasteiger partial charge is 0.380 e. The van der Waals surface area contributed by atoms with Gasteiger partial charge in [0, 0.05) is 53.5 Å². The maximum Gasteiger partial charge on any atom is 0.451 e. The van der Waals surface area contributed by atoms with Crippen molar-refractivity contribution in [3.63, 3.8) is 0 Å². The summed E-state index contributed by atoms with van der Waals surface area (Å²) in [6, 6.07) is 11.6. The Morgan fingerprint density at radius 1 is 0.897 bits per heavy atom. The molecule has 3 aromatic heterocycles. The van der Waals surface area contributed by atoms with Crippen LogP contribution in [0.4, 0.5) is 18.9 Å². The molecular formula is C21H16F3N5. The van der Waals surface area contributed by atoms with Gasteiger partial charge in [-0.05, 0) is 36.8 Å². The van der Waals surface area contributed by atoms with Crippen molar-refractivity contribution in [1.29, 1.82) is 0 Å². The van der Waals surface area contributed by atoms with E-state index in [2.05, 4.69) is 25.3 Å². The summed E-state index contributed by atoms with van der Waals surface area (Å²) in [6.45, 7) is 2.26. The highest BCUT2D eigenvalue weighted by atomic mass is 19.4. The molecule has 0 aliphatic heterocycles. The van der Waals surface area contributed by atoms with Crippen LogP contribution in [0.3, 0.4) is 0 Å². The normalized spacial score (nSPS) is 11.6. The molecule has 0 unspecified atom stereocenters. The van der Waals surface area contributed by atoms with E-state index in [9.17, 15) is 13.2 Å². The summed E-state index contributed by atoms with van der Waals surface area (Å²) >= 11 is 0. The Hall–Kier alpha value is -3.55. The van der Waals surface area contributed by atoms with Gasteiger partial charge >= 0.3 is 6.18 Å². The van der Waals surface area contributed by atoms with Gasteiger partial charge in [-0.15, -0.1) is 0 Å². The molecule has 0 saturated carbocycles. The van der Waals surface area contributed by atoms with Gasteiger partial charge in [0.25, 0.3) is 0 Å². The van der Waals surface area contributed by atoms with Crippen molar-refractivity contribution in [2.75, 3.05) is 5.32 Å². The molecule has 0 atom stereocenters. The lowest BCUT2D eigenvalue weighted by atomic mass is 10.1. The number of aryl methyl sites for hydroxylation is 1. The SMILES string of the molecule is Cc1ccc(-c2ccc3nccc(NCc4cnc(C(F)(F)F)nc4)c3c2)nc1. The van der Waals surface area contributed by atoms with Gasteiger partial charge in [-0.3, -0.25) is 9.97 Å². The zero-order chi connectivity index (χ0) is 20.4. The molecule has 0 amide bonds. The molecular weight excluding hydrogens is 379 g/mol. The van der Waals surface area contributed by atoms with Crippen LogP contribution in [0.2, 0.25) is 0 Å². The van der Waals surface area contributed by atoms with Crippen LogP contribution in [0.25, 0.3) is 22.2 Å². The highest BCUT2D eigenvalue weighted by molar-refractivity contribution is 5.93. The number of fused-ring (bicyclic) bond motifs is 1. The Bertz CT molecular complexity index is 1140. The molecule has 8 heteroatoms. The van der Waals surface area contributed by atoms with Crippen LogP contribution in [0, 0.1) is 6.92 Å². The largest absolute Gasteiger partial charge is 0.451 e. The first-order chi connectivity index (χ1) is 13.9. The molecule has 146 valence electrons. The number of benzene rings is 1. The molecule has 0 saturated heterocycles. The monoisotopic (exact) mass is 395 g/mol. The lowest BCUT2D eigenvalue weighted by Gasteiger charge is -2.11. The first kappa shape index (κ1) is 18.8. The molecule has 0 fully saturated rings. The van der Waals surface area contributed by atoms with E-state index in [1.165, 1.54) is 12.4 Å². The van der Waals surface area contributed by atoms with Gasteiger partial charge in [-0.2, -0.15) is 13.2 Å². The summed E-state index contributed by atoms with van der Waals surface area (Å²) in [5, 5.41) is 4.12. The molecule has 4 rings (SSSR count). The average molecular weight is 395 g/mol. The molecule has 0 aliphatic rings. The number of nitrogens with one attached hydrogen (secondary N) is 1. The Balaban J connectivity index is 1.60. The minimum Gasteiger partial charge on any atom is -0.380 e. The van der Waals surface area contributed by atoms with E-state index >= 15 is 0 Å². The zero-order valence-corrected chi connectivity index (χ0v) is 15.4. The highest BCUT2D eigenvalue weighted by Crippen LogP contribution is 2.28. The molecule has 0 bridgehead atoms. The van der Waals surface area contributed by atoms with Gasteiger partial charge in [0.1, 0.15) is 0 Å². The number of anilines is 1. The van der Waals surface area contributed by atoms with Gasteiger partial charge in [-0.25, -0.2) is 9.97 Å². The van der Waals surface area contributed by atoms with E-state index in [1.54, 1.807) is 6.20 Å². The average Bonchev–Trinajstić information content (AvgIpc) is 2.72. The number of hydrogen-bond acceptors (Lipinski definition) is 5. The van der Waals surface area contributed by atoms with Crippen molar-refractivity contribution in [2.24, 2.45) is 0 Å². The standard InChI is InChI=1S/C21H16F3N5/c1-13-2-4-17(26-9-13)15-3-5-18-16(8-15)19(6-7-25-18)27-10-14-11-28-20(29-12-14)21(22,23)24/h2-9,11-12H,10H2,1H3,(H,25,27). The fourth-order valence-electron chi connectivity index (χ4n) is 2.89. The van der Waals surface area contributed by atoms with Crippen LogP contribution < -0.4 is 5.32 Å². The van der Waals surface area contributed by atoms with E-state index in [1.807, 2.05) is 49.5 Å². The third-order valence-electron chi connectivity index (χ3n) is 4.39. The Morgan fingerprint density at radius 3 is 2.38 bits per heavy atom. The second-order valence-electron chi connectivity index (χ2n) is 6.58. The highest BCUT2D eigenvalue weighted by Gasteiger charge is 2.34. The molecule has 4 aromatic rings. The van der Waals surface area contributed by atoms with Crippen LogP contribution in [-0.2, 0) is 12.7 Å². The summed E-state index contributed by atoms with van der Waals surface area (Å²) in [7, 11) is 0. The number of hydrogen-bond donors (Lipinski definition) is 1. The predicted molar refractivity (Wildman–Crippen MR) is 104 cm³/mol. The molecule has 1 aromatic carbocycles. The summed E-state index contributed by atoms with van der Waals surface area (Å²) in [5.41, 5.74) is 5.03. The van der Waals surface area contributed by atoms with Crippen LogP contribution in [0.5, 0.6) is 0 Å². The zero-order valence-electron chi connectivity index (χ0n) is 15.4. The summed E-state index contributed by atoms with van der Waals surface area (Å²) in [4.78, 5) is 15.6. The van der Waals surface area contributed by atoms with Crippen molar-refractivity contribution >= 4 is 16.6 Å². The van der Waals surface area contributed by atoms with Gasteiger partial charge in [0.15, 0.2) is 0 Å². The van der Waals surface area contributed by atoms with Crippen molar-refractivity contribution in [1.82, 2.24) is 19.9 Å². The van der Waals surface area contributed by atoms with E-state index in [0.717, 1.165) is 33.4 Å². The number of halogens is 3. The van der Waals surface area contributed by atoms with Crippen LogP contribution in [-0.4, -0.2) is 19.9 Å². The molecule has 5 nitrogen and oxygen atoms in total. The molecule has 0 spiro atoms. The molecule has 3 heterocycles. The maximum atomic E-state index is 12.6. The van der Waals surface area contributed by atoms with E-state index in [0.29, 0.717) is 5.56 Å². The number of aromatic nitrogens is 4. The molecule has 0 radical (unpaired) electrons. The lowest BCUT2D eigenvalue weighted by molar-refractivity contribution is -0.145. The third-order valence-corrected chi connectivity index (χ3v) is 4.39. The quantitative estimate of drug-likeness (QED) is 0.525. The fraction of sp³-hybridized carbons (Fsp3) is 0.143. The van der Waals surface area contributed by atoms with Crippen molar-refractivity contribution < 1.29 is 13.2 Å². The van der Waals surface area contributed by atoms with Crippen molar-refractivity contribution in [3.05, 3.63) is 78.1 Å². The van der Waals surface area contributed by atoms with E-state index in [4.69, 9.17) is 0 Å². The summed E-state index contributed by atoms with van der Waals surface area (Å²) in [6.07, 6.45) is 1.29. The summed E-state index contributed by atoms with van der Waals surface area (Å²) < 4.78 is 37.8. The maximum absolute atomic E-state index is 12.6. The summed E-state index contributed by atoms with van der Waals surface area (Å²) in [5.74, 6) is -1.15. The van der Waals surface area contributed by atoms with Gasteiger partial charge < -0.3 is 5.32 Å². The second kappa shape index (κ2) is 7.46. The van der Waals surface area contributed by atoms with E-state index < -0.39 is 12.0 Å². The minimum absolute atomic E-state index is 0.282. The lowest BCUT2D eigenvalue weighted by Crippen LogP contribution is -2.11. The van der Waals surface area contributed by atoms with Gasteiger partial charge in [-0.1, -0.05) is 12.1 Å². The first-order valence-corrected chi connectivity index (χ1v) is 8.84. The van der Waals surface area contributed by atoms with Crippen LogP contribution in [0.1, 0.15) is 17.0 Å². The third kappa shape index (κ3) is 4.16. The predicted octanol–water partition coefficient (Wildman–Crippen LogP) is 5.03. The van der Waals surface area contributed by atoms with Gasteiger partial charge in [0.05, 0.1) is 11.2 Å². The van der Waals surface area contributed by atoms with Crippen molar-refractivity contribution in [3.8, 4) is 11.3 Å². The van der Waals surface area contributed by atoms with Crippen LogP contribution >= 0.6 is 0 Å².